The normalized spacial score (nSPS) is 20.3. The maximum absolute atomic E-state index is 12.0. The van der Waals surface area contributed by atoms with Crippen molar-refractivity contribution < 1.29 is 19.4 Å². The van der Waals surface area contributed by atoms with Crippen molar-refractivity contribution in [1.29, 1.82) is 0 Å². The van der Waals surface area contributed by atoms with Crippen LogP contribution in [0.4, 0.5) is 4.79 Å². The molecule has 0 aliphatic carbocycles. The van der Waals surface area contributed by atoms with Crippen molar-refractivity contribution >= 4 is 12.0 Å². The molecule has 6 nitrogen and oxygen atoms in total. The van der Waals surface area contributed by atoms with E-state index in [9.17, 15) is 14.7 Å². The van der Waals surface area contributed by atoms with E-state index in [-0.39, 0.29) is 12.6 Å². The summed E-state index contributed by atoms with van der Waals surface area (Å²) in [6.07, 6.45) is 1.19. The Bertz CT molecular complexity index is 575. The van der Waals surface area contributed by atoms with Gasteiger partial charge >= 0.3 is 12.0 Å². The molecular formula is C17H24N2O4. The van der Waals surface area contributed by atoms with E-state index in [4.69, 9.17) is 4.74 Å². The van der Waals surface area contributed by atoms with Gasteiger partial charge in [0, 0.05) is 19.6 Å². The van der Waals surface area contributed by atoms with Crippen molar-refractivity contribution in [2.45, 2.75) is 26.7 Å². The number of aliphatic carboxylic acids is 1. The Kier molecular flexibility index (Phi) is 5.47. The fourth-order valence-corrected chi connectivity index (χ4v) is 2.59. The Morgan fingerprint density at radius 3 is 2.78 bits per heavy atom. The molecular weight excluding hydrogens is 296 g/mol. The molecule has 1 saturated heterocycles. The lowest BCUT2D eigenvalue weighted by molar-refractivity contribution is -0.146. The summed E-state index contributed by atoms with van der Waals surface area (Å²) in [4.78, 5) is 24.8. The van der Waals surface area contributed by atoms with E-state index >= 15 is 0 Å². The van der Waals surface area contributed by atoms with Gasteiger partial charge in [0.1, 0.15) is 5.75 Å². The highest BCUT2D eigenvalue weighted by Crippen LogP contribution is 2.29. The molecule has 6 heteroatoms. The van der Waals surface area contributed by atoms with Gasteiger partial charge in [0.25, 0.3) is 0 Å². The highest BCUT2D eigenvalue weighted by molar-refractivity contribution is 5.79. The van der Waals surface area contributed by atoms with Gasteiger partial charge in [-0.05, 0) is 38.3 Å². The van der Waals surface area contributed by atoms with Crippen LogP contribution in [-0.2, 0) is 4.79 Å². The van der Waals surface area contributed by atoms with Crippen molar-refractivity contribution in [2.75, 3.05) is 26.2 Å². The molecule has 2 rings (SSSR count). The first-order valence-electron chi connectivity index (χ1n) is 7.87. The van der Waals surface area contributed by atoms with E-state index in [0.717, 1.165) is 11.3 Å². The molecule has 0 radical (unpaired) electrons. The number of carbonyl (C=O) groups excluding carboxylic acids is 1. The number of carboxylic acids is 1. The molecule has 2 amide bonds. The summed E-state index contributed by atoms with van der Waals surface area (Å²) in [7, 11) is 0. The zero-order chi connectivity index (χ0) is 16.9. The van der Waals surface area contributed by atoms with Crippen LogP contribution in [0.2, 0.25) is 0 Å². The first kappa shape index (κ1) is 17.1. The minimum atomic E-state index is -0.848. The van der Waals surface area contributed by atoms with Gasteiger partial charge in [-0.25, -0.2) is 4.79 Å². The number of nitrogens with one attached hydrogen (secondary N) is 1. The van der Waals surface area contributed by atoms with Gasteiger partial charge in [-0.3, -0.25) is 4.79 Å². The zero-order valence-electron chi connectivity index (χ0n) is 13.7. The fraction of sp³-hybridized carbons (Fsp3) is 0.529. The van der Waals surface area contributed by atoms with E-state index in [0.29, 0.717) is 32.5 Å². The van der Waals surface area contributed by atoms with E-state index < -0.39 is 11.4 Å². The molecule has 1 atom stereocenters. The number of para-hydroxylation sites is 1. The smallest absolute Gasteiger partial charge is 0.317 e. The Labute approximate surface area is 136 Å². The van der Waals surface area contributed by atoms with Gasteiger partial charge in [0.2, 0.25) is 0 Å². The number of rotatable bonds is 6. The van der Waals surface area contributed by atoms with Crippen LogP contribution in [0.5, 0.6) is 5.75 Å². The number of hydrogen-bond donors (Lipinski definition) is 2. The summed E-state index contributed by atoms with van der Waals surface area (Å²) < 4.78 is 5.67. The van der Waals surface area contributed by atoms with Crippen LogP contribution in [-0.4, -0.2) is 48.2 Å². The zero-order valence-corrected chi connectivity index (χ0v) is 13.7. The monoisotopic (exact) mass is 320 g/mol. The van der Waals surface area contributed by atoms with Crippen LogP contribution in [0, 0.1) is 12.3 Å². The van der Waals surface area contributed by atoms with E-state index in [2.05, 4.69) is 5.32 Å². The molecule has 1 heterocycles. The second-order valence-electron chi connectivity index (χ2n) is 6.24. The molecule has 0 spiro atoms. The van der Waals surface area contributed by atoms with Crippen molar-refractivity contribution in [1.82, 2.24) is 10.2 Å². The number of likely N-dealkylation sites (tertiary alicyclic amines) is 1. The van der Waals surface area contributed by atoms with Crippen LogP contribution in [0.25, 0.3) is 0 Å². The van der Waals surface area contributed by atoms with E-state index in [1.54, 1.807) is 11.8 Å². The van der Waals surface area contributed by atoms with Gasteiger partial charge < -0.3 is 20.1 Å². The summed E-state index contributed by atoms with van der Waals surface area (Å²) in [5.74, 6) is 0.00928. The molecule has 1 fully saturated rings. The number of nitrogens with zero attached hydrogens (tertiary/aromatic N) is 1. The largest absolute Gasteiger partial charge is 0.493 e. The average molecular weight is 320 g/mol. The number of benzene rings is 1. The fourth-order valence-electron chi connectivity index (χ4n) is 2.59. The Hall–Kier alpha value is -2.24. The predicted molar refractivity (Wildman–Crippen MR) is 86.6 cm³/mol. The van der Waals surface area contributed by atoms with Crippen molar-refractivity contribution in [2.24, 2.45) is 5.41 Å². The first-order valence-corrected chi connectivity index (χ1v) is 7.87. The van der Waals surface area contributed by atoms with Crippen LogP contribution in [0.1, 0.15) is 25.3 Å². The molecule has 0 aromatic heterocycles. The molecule has 1 aromatic rings. The van der Waals surface area contributed by atoms with E-state index in [1.807, 2.05) is 31.2 Å². The molecule has 0 saturated carbocycles. The minimum absolute atomic E-state index is 0.203. The summed E-state index contributed by atoms with van der Waals surface area (Å²) in [6, 6.07) is 7.60. The third kappa shape index (κ3) is 4.37. The first-order chi connectivity index (χ1) is 10.9. The maximum atomic E-state index is 12.0. The summed E-state index contributed by atoms with van der Waals surface area (Å²) in [6.45, 7) is 5.44. The van der Waals surface area contributed by atoms with Crippen molar-refractivity contribution in [3.63, 3.8) is 0 Å². The highest BCUT2D eigenvalue weighted by Gasteiger charge is 2.42. The Morgan fingerprint density at radius 2 is 2.13 bits per heavy atom. The van der Waals surface area contributed by atoms with Gasteiger partial charge in [0.05, 0.1) is 12.0 Å². The second-order valence-corrected chi connectivity index (χ2v) is 6.24. The lowest BCUT2D eigenvalue weighted by Gasteiger charge is -2.20. The number of carboxylic acid groups (broad SMARTS) is 1. The molecule has 1 aliphatic rings. The van der Waals surface area contributed by atoms with Crippen molar-refractivity contribution in [3.05, 3.63) is 29.8 Å². The molecule has 1 aromatic carbocycles. The number of carbonyl (C=O) groups is 2. The predicted octanol–water partition coefficient (Wildman–Crippen LogP) is 2.27. The number of hydrogen-bond acceptors (Lipinski definition) is 3. The molecule has 2 N–H and O–H groups in total. The molecule has 0 bridgehead atoms. The Balaban J connectivity index is 1.66. The highest BCUT2D eigenvalue weighted by atomic mass is 16.5. The van der Waals surface area contributed by atoms with Crippen LogP contribution in [0.15, 0.2) is 24.3 Å². The van der Waals surface area contributed by atoms with Gasteiger partial charge in [0.15, 0.2) is 0 Å². The summed E-state index contributed by atoms with van der Waals surface area (Å²) in [5.41, 5.74) is 0.257. The number of amides is 2. The topological polar surface area (TPSA) is 78.9 Å². The van der Waals surface area contributed by atoms with Gasteiger partial charge in [-0.1, -0.05) is 18.2 Å². The quantitative estimate of drug-likeness (QED) is 0.788. The standard InChI is InChI=1S/C17H24N2O4/c1-13-6-3-4-7-14(13)23-11-5-9-18-16(22)19-10-8-17(2,12-19)15(20)21/h3-4,6-7H,5,8-12H2,1-2H3,(H,18,22)(H,20,21). The summed E-state index contributed by atoms with van der Waals surface area (Å²) in [5, 5.41) is 12.0. The van der Waals surface area contributed by atoms with Crippen molar-refractivity contribution in [3.8, 4) is 5.75 Å². The second kappa shape index (κ2) is 7.35. The molecule has 1 unspecified atom stereocenters. The summed E-state index contributed by atoms with van der Waals surface area (Å²) >= 11 is 0. The van der Waals surface area contributed by atoms with Gasteiger partial charge in [-0.2, -0.15) is 0 Å². The van der Waals surface area contributed by atoms with E-state index in [1.165, 1.54) is 0 Å². The SMILES string of the molecule is Cc1ccccc1OCCCNC(=O)N1CCC(C)(C(=O)O)C1. The van der Waals surface area contributed by atoms with Crippen LogP contribution in [0.3, 0.4) is 0 Å². The van der Waals surface area contributed by atoms with Crippen LogP contribution < -0.4 is 10.1 Å². The lowest BCUT2D eigenvalue weighted by atomic mass is 9.90. The molecule has 1 aliphatic heterocycles. The van der Waals surface area contributed by atoms with Crippen LogP contribution >= 0.6 is 0 Å². The lowest BCUT2D eigenvalue weighted by Crippen LogP contribution is -2.41. The molecule has 126 valence electrons. The average Bonchev–Trinajstić information content (AvgIpc) is 2.92. The molecule has 23 heavy (non-hydrogen) atoms. The van der Waals surface area contributed by atoms with Gasteiger partial charge in [-0.15, -0.1) is 0 Å². The number of aryl methyl sites for hydroxylation is 1. The third-order valence-corrected chi connectivity index (χ3v) is 4.23. The Morgan fingerprint density at radius 1 is 1.39 bits per heavy atom. The minimum Gasteiger partial charge on any atom is -0.493 e. The maximum Gasteiger partial charge on any atom is 0.317 e. The third-order valence-electron chi connectivity index (χ3n) is 4.23. The number of ether oxygens (including phenoxy) is 1. The number of urea groups is 1.